The molecule has 0 radical (unpaired) electrons. The molecule has 0 bridgehead atoms. The van der Waals surface area contributed by atoms with E-state index in [4.69, 9.17) is 9.68 Å². The van der Waals surface area contributed by atoms with Crippen LogP contribution in [0, 0.1) is 17.2 Å². The maximum atomic E-state index is 12.6. The summed E-state index contributed by atoms with van der Waals surface area (Å²) in [4.78, 5) is 24.3. The number of carbonyl (C=O) groups excluding carboxylic acids is 2. The predicted octanol–water partition coefficient (Wildman–Crippen LogP) is 1.75. The standard InChI is InChI=1S/C12H10F3N3O3/c1-11(8-3-2-4-21-8)9(19)18(10(20)17-11)6-7(5-16)12(13,14)15/h2-4,7H,6H2,1H3,(H,17,20). The molecule has 1 saturated heterocycles. The van der Waals surface area contributed by atoms with Crippen molar-refractivity contribution in [2.75, 3.05) is 6.54 Å². The quantitative estimate of drug-likeness (QED) is 0.862. The molecule has 1 aromatic rings. The second-order valence-corrected chi connectivity index (χ2v) is 4.67. The topological polar surface area (TPSA) is 86.3 Å². The normalized spacial score (nSPS) is 23.9. The van der Waals surface area contributed by atoms with Crippen LogP contribution < -0.4 is 5.32 Å². The summed E-state index contributed by atoms with van der Waals surface area (Å²) in [5, 5.41) is 10.8. The van der Waals surface area contributed by atoms with Gasteiger partial charge in [0, 0.05) is 0 Å². The van der Waals surface area contributed by atoms with Crippen molar-refractivity contribution >= 4 is 11.9 Å². The van der Waals surface area contributed by atoms with Gasteiger partial charge < -0.3 is 9.73 Å². The molecule has 3 amide bonds. The fraction of sp³-hybridized carbons (Fsp3) is 0.417. The third-order valence-electron chi connectivity index (χ3n) is 3.21. The molecule has 0 aromatic carbocycles. The van der Waals surface area contributed by atoms with Crippen molar-refractivity contribution in [1.29, 1.82) is 5.26 Å². The molecule has 2 atom stereocenters. The van der Waals surface area contributed by atoms with E-state index in [-0.39, 0.29) is 5.76 Å². The van der Waals surface area contributed by atoms with Crippen molar-refractivity contribution in [2.45, 2.75) is 18.6 Å². The number of nitrogens with zero attached hydrogens (tertiary/aromatic N) is 2. The summed E-state index contributed by atoms with van der Waals surface area (Å²) in [7, 11) is 0. The van der Waals surface area contributed by atoms with Gasteiger partial charge in [-0.2, -0.15) is 18.4 Å². The van der Waals surface area contributed by atoms with E-state index >= 15 is 0 Å². The Morgan fingerprint density at radius 2 is 2.19 bits per heavy atom. The highest BCUT2D eigenvalue weighted by Gasteiger charge is 2.53. The van der Waals surface area contributed by atoms with Crippen molar-refractivity contribution in [3.05, 3.63) is 24.2 Å². The van der Waals surface area contributed by atoms with E-state index in [9.17, 15) is 22.8 Å². The highest BCUT2D eigenvalue weighted by atomic mass is 19.4. The minimum absolute atomic E-state index is 0.101. The van der Waals surface area contributed by atoms with Crippen LogP contribution in [-0.4, -0.2) is 29.6 Å². The van der Waals surface area contributed by atoms with Crippen LogP contribution in [0.2, 0.25) is 0 Å². The van der Waals surface area contributed by atoms with Crippen molar-refractivity contribution in [1.82, 2.24) is 10.2 Å². The first kappa shape index (κ1) is 14.9. The molecule has 0 saturated carbocycles. The molecule has 0 spiro atoms. The van der Waals surface area contributed by atoms with Gasteiger partial charge in [0.1, 0.15) is 5.76 Å². The summed E-state index contributed by atoms with van der Waals surface area (Å²) < 4.78 is 42.8. The van der Waals surface area contributed by atoms with Gasteiger partial charge in [0.2, 0.25) is 0 Å². The maximum Gasteiger partial charge on any atom is 0.406 e. The van der Waals surface area contributed by atoms with Crippen LogP contribution in [0.1, 0.15) is 12.7 Å². The lowest BCUT2D eigenvalue weighted by Gasteiger charge is -2.21. The van der Waals surface area contributed by atoms with Gasteiger partial charge in [0.15, 0.2) is 11.5 Å². The molecule has 2 unspecified atom stereocenters. The molecule has 1 N–H and O–H groups in total. The summed E-state index contributed by atoms with van der Waals surface area (Å²) in [5.74, 6) is -3.23. The Bertz CT molecular complexity index is 605. The van der Waals surface area contributed by atoms with E-state index in [1.165, 1.54) is 25.3 Å². The van der Waals surface area contributed by atoms with Crippen LogP contribution >= 0.6 is 0 Å². The first-order chi connectivity index (χ1) is 9.70. The molecule has 0 aliphatic carbocycles. The number of urea groups is 1. The number of nitrogens with one attached hydrogen (secondary N) is 1. The average molecular weight is 301 g/mol. The summed E-state index contributed by atoms with van der Waals surface area (Å²) in [5.41, 5.74) is -1.58. The minimum atomic E-state index is -4.82. The number of hydrogen-bond donors (Lipinski definition) is 1. The van der Waals surface area contributed by atoms with E-state index in [1.807, 2.05) is 0 Å². The van der Waals surface area contributed by atoms with Gasteiger partial charge in [-0.3, -0.25) is 9.69 Å². The first-order valence-corrected chi connectivity index (χ1v) is 5.84. The van der Waals surface area contributed by atoms with E-state index in [2.05, 4.69) is 5.32 Å². The smallest absolute Gasteiger partial charge is 0.406 e. The van der Waals surface area contributed by atoms with Crippen molar-refractivity contribution in [3.63, 3.8) is 0 Å². The lowest BCUT2D eigenvalue weighted by molar-refractivity contribution is -0.163. The third kappa shape index (κ3) is 2.44. The highest BCUT2D eigenvalue weighted by molar-refractivity contribution is 6.06. The Morgan fingerprint density at radius 1 is 1.52 bits per heavy atom. The van der Waals surface area contributed by atoms with Crippen LogP contribution in [0.5, 0.6) is 0 Å². The van der Waals surface area contributed by atoms with Crippen LogP contribution in [0.3, 0.4) is 0 Å². The molecule has 1 aromatic heterocycles. The van der Waals surface area contributed by atoms with Gasteiger partial charge in [-0.15, -0.1) is 0 Å². The molecule has 21 heavy (non-hydrogen) atoms. The molecule has 9 heteroatoms. The number of nitriles is 1. The van der Waals surface area contributed by atoms with E-state index in [0.717, 1.165) is 6.07 Å². The van der Waals surface area contributed by atoms with Gasteiger partial charge in [0.25, 0.3) is 5.91 Å². The second kappa shape index (κ2) is 4.80. The molecular formula is C12H10F3N3O3. The largest absolute Gasteiger partial charge is 0.466 e. The summed E-state index contributed by atoms with van der Waals surface area (Å²) >= 11 is 0. The number of furan rings is 1. The summed E-state index contributed by atoms with van der Waals surface area (Å²) in [6.07, 6.45) is -3.55. The van der Waals surface area contributed by atoms with Gasteiger partial charge in [-0.05, 0) is 19.1 Å². The zero-order valence-corrected chi connectivity index (χ0v) is 10.8. The number of halogens is 3. The zero-order valence-electron chi connectivity index (χ0n) is 10.8. The molecule has 1 aliphatic rings. The average Bonchev–Trinajstić information content (AvgIpc) is 2.97. The van der Waals surface area contributed by atoms with E-state index < -0.39 is 36.1 Å². The van der Waals surface area contributed by atoms with Crippen molar-refractivity contribution in [2.24, 2.45) is 5.92 Å². The van der Waals surface area contributed by atoms with Crippen LogP contribution in [-0.2, 0) is 10.3 Å². The molecule has 6 nitrogen and oxygen atoms in total. The lowest BCUT2D eigenvalue weighted by atomic mass is 9.99. The predicted molar refractivity (Wildman–Crippen MR) is 61.5 cm³/mol. The first-order valence-electron chi connectivity index (χ1n) is 5.84. The van der Waals surface area contributed by atoms with Gasteiger partial charge in [0.05, 0.1) is 18.9 Å². The monoisotopic (exact) mass is 301 g/mol. The molecular weight excluding hydrogens is 291 g/mol. The van der Waals surface area contributed by atoms with Crippen LogP contribution in [0.25, 0.3) is 0 Å². The molecule has 112 valence electrons. The Hall–Kier alpha value is -2.50. The van der Waals surface area contributed by atoms with E-state index in [1.54, 1.807) is 0 Å². The lowest BCUT2D eigenvalue weighted by Crippen LogP contribution is -2.42. The minimum Gasteiger partial charge on any atom is -0.466 e. The SMILES string of the molecule is CC1(c2ccco2)NC(=O)N(CC(C#N)C(F)(F)F)C1=O. The molecule has 2 heterocycles. The van der Waals surface area contributed by atoms with Gasteiger partial charge >= 0.3 is 12.2 Å². The number of alkyl halides is 3. The van der Waals surface area contributed by atoms with E-state index in [0.29, 0.717) is 4.90 Å². The molecule has 1 fully saturated rings. The third-order valence-corrected chi connectivity index (χ3v) is 3.21. The summed E-state index contributed by atoms with van der Waals surface area (Å²) in [6.45, 7) is 0.266. The van der Waals surface area contributed by atoms with Gasteiger partial charge in [-0.1, -0.05) is 0 Å². The number of amides is 3. The fourth-order valence-electron chi connectivity index (χ4n) is 1.99. The Kier molecular flexibility index (Phi) is 3.41. The molecule has 2 rings (SSSR count). The Balaban J connectivity index is 2.26. The molecule has 1 aliphatic heterocycles. The van der Waals surface area contributed by atoms with Gasteiger partial charge in [-0.25, -0.2) is 4.79 Å². The van der Waals surface area contributed by atoms with Crippen molar-refractivity contribution in [3.8, 4) is 6.07 Å². The zero-order chi connectivity index (χ0) is 15.8. The second-order valence-electron chi connectivity index (χ2n) is 4.67. The van der Waals surface area contributed by atoms with Crippen LogP contribution in [0.15, 0.2) is 22.8 Å². The highest BCUT2D eigenvalue weighted by Crippen LogP contribution is 2.32. The number of rotatable bonds is 3. The van der Waals surface area contributed by atoms with Crippen molar-refractivity contribution < 1.29 is 27.2 Å². The number of hydrogen-bond acceptors (Lipinski definition) is 4. The summed E-state index contributed by atoms with van der Waals surface area (Å²) in [6, 6.07) is 2.96. The fourth-order valence-corrected chi connectivity index (χ4v) is 1.99. The number of imide groups is 1. The Labute approximate surface area is 117 Å². The number of carbonyl (C=O) groups is 2. The van der Waals surface area contributed by atoms with Crippen LogP contribution in [0.4, 0.5) is 18.0 Å². The maximum absolute atomic E-state index is 12.6. The Morgan fingerprint density at radius 3 is 2.67 bits per heavy atom.